The molecule has 0 spiro atoms. The maximum atomic E-state index is 12.6. The molecule has 0 bridgehead atoms. The van der Waals surface area contributed by atoms with Crippen LogP contribution in [0.2, 0.25) is 0 Å². The van der Waals surface area contributed by atoms with Gasteiger partial charge >= 0.3 is 0 Å². The minimum atomic E-state index is -0.321. The van der Waals surface area contributed by atoms with Crippen LogP contribution in [-0.2, 0) is 0 Å². The lowest BCUT2D eigenvalue weighted by Crippen LogP contribution is -2.47. The molecule has 0 aliphatic carbocycles. The fourth-order valence-corrected chi connectivity index (χ4v) is 2.78. The molecule has 7 heteroatoms. The third-order valence-electron chi connectivity index (χ3n) is 4.37. The van der Waals surface area contributed by atoms with Gasteiger partial charge in [0.2, 0.25) is 0 Å². The quantitative estimate of drug-likeness (QED) is 0.905. The molecule has 7 nitrogen and oxygen atoms in total. The van der Waals surface area contributed by atoms with Crippen LogP contribution in [0.25, 0.3) is 0 Å². The molecule has 136 valence electrons. The summed E-state index contributed by atoms with van der Waals surface area (Å²) in [7, 11) is 3.60. The van der Waals surface area contributed by atoms with Crippen molar-refractivity contribution < 1.29 is 14.3 Å². The predicted molar refractivity (Wildman–Crippen MR) is 98.6 cm³/mol. The van der Waals surface area contributed by atoms with E-state index < -0.39 is 0 Å². The van der Waals surface area contributed by atoms with Gasteiger partial charge in [-0.1, -0.05) is 6.07 Å². The maximum absolute atomic E-state index is 12.6. The lowest BCUT2D eigenvalue weighted by atomic mass is 10.1. The zero-order chi connectivity index (χ0) is 18.5. The molecule has 2 amide bonds. The highest BCUT2D eigenvalue weighted by Crippen LogP contribution is 2.18. The number of pyridine rings is 1. The first-order chi connectivity index (χ1) is 12.6. The van der Waals surface area contributed by atoms with Crippen molar-refractivity contribution in [3.63, 3.8) is 0 Å². The van der Waals surface area contributed by atoms with E-state index in [4.69, 9.17) is 4.74 Å². The van der Waals surface area contributed by atoms with Crippen LogP contribution < -0.4 is 10.1 Å². The van der Waals surface area contributed by atoms with Gasteiger partial charge in [-0.3, -0.25) is 14.6 Å². The number of hydrogen-bond donors (Lipinski definition) is 1. The molecule has 2 aromatic rings. The van der Waals surface area contributed by atoms with Crippen LogP contribution in [0.3, 0.4) is 0 Å². The van der Waals surface area contributed by atoms with Gasteiger partial charge in [-0.25, -0.2) is 0 Å². The van der Waals surface area contributed by atoms with E-state index in [1.807, 2.05) is 7.05 Å². The van der Waals surface area contributed by atoms with Crippen LogP contribution in [-0.4, -0.2) is 66.9 Å². The number of amides is 2. The first-order valence-corrected chi connectivity index (χ1v) is 8.45. The summed E-state index contributed by atoms with van der Waals surface area (Å²) in [6, 6.07) is 8.67. The van der Waals surface area contributed by atoms with Crippen LogP contribution in [0.5, 0.6) is 5.75 Å². The molecule has 2 heterocycles. The summed E-state index contributed by atoms with van der Waals surface area (Å²) in [5, 5.41) is 2.79. The first-order valence-electron chi connectivity index (χ1n) is 8.45. The van der Waals surface area contributed by atoms with Gasteiger partial charge in [0.15, 0.2) is 0 Å². The van der Waals surface area contributed by atoms with E-state index in [-0.39, 0.29) is 11.8 Å². The Labute approximate surface area is 152 Å². The van der Waals surface area contributed by atoms with E-state index in [9.17, 15) is 9.59 Å². The number of anilines is 1. The zero-order valence-electron chi connectivity index (χ0n) is 14.9. The standard InChI is InChI=1S/C19H22N4O3/c1-22-6-8-23(9-7-22)19(25)15-10-14(12-20-13-15)18(24)21-16-4-3-5-17(11-16)26-2/h3-5,10-13H,6-9H2,1-2H3,(H,21,24). The highest BCUT2D eigenvalue weighted by Gasteiger charge is 2.21. The molecule has 0 unspecified atom stereocenters. The Morgan fingerprint density at radius 1 is 1.08 bits per heavy atom. The Morgan fingerprint density at radius 3 is 2.54 bits per heavy atom. The molecule has 0 atom stereocenters. The molecule has 1 fully saturated rings. The fraction of sp³-hybridized carbons (Fsp3) is 0.316. The second kappa shape index (κ2) is 7.97. The van der Waals surface area contributed by atoms with Gasteiger partial charge in [0.1, 0.15) is 5.75 Å². The zero-order valence-corrected chi connectivity index (χ0v) is 14.9. The summed E-state index contributed by atoms with van der Waals surface area (Å²) in [5.74, 6) is 0.236. The summed E-state index contributed by atoms with van der Waals surface area (Å²) in [6.45, 7) is 3.04. The molecule has 0 radical (unpaired) electrons. The van der Waals surface area contributed by atoms with E-state index in [2.05, 4.69) is 15.2 Å². The third-order valence-corrected chi connectivity index (χ3v) is 4.37. The van der Waals surface area contributed by atoms with E-state index in [1.54, 1.807) is 42.3 Å². The number of methoxy groups -OCH3 is 1. The Balaban J connectivity index is 1.71. The van der Waals surface area contributed by atoms with Crippen molar-refractivity contribution >= 4 is 17.5 Å². The molecule has 1 saturated heterocycles. The monoisotopic (exact) mass is 354 g/mol. The van der Waals surface area contributed by atoms with E-state index in [1.165, 1.54) is 12.4 Å². The number of benzene rings is 1. The Hall–Kier alpha value is -2.93. The Kier molecular flexibility index (Phi) is 5.48. The highest BCUT2D eigenvalue weighted by molar-refractivity contribution is 6.05. The molecule has 1 aromatic heterocycles. The Bertz CT molecular complexity index is 801. The van der Waals surface area contributed by atoms with Crippen molar-refractivity contribution in [2.45, 2.75) is 0 Å². The number of aromatic nitrogens is 1. The molecule has 0 saturated carbocycles. The molecular weight excluding hydrogens is 332 g/mol. The van der Waals surface area contributed by atoms with Crippen LogP contribution >= 0.6 is 0 Å². The summed E-state index contributed by atoms with van der Waals surface area (Å²) >= 11 is 0. The van der Waals surface area contributed by atoms with Crippen molar-refractivity contribution in [3.05, 3.63) is 53.9 Å². The summed E-state index contributed by atoms with van der Waals surface area (Å²) < 4.78 is 5.15. The smallest absolute Gasteiger partial charge is 0.257 e. The SMILES string of the molecule is COc1cccc(NC(=O)c2cncc(C(=O)N3CCN(C)CC3)c2)c1. The molecular formula is C19H22N4O3. The first kappa shape index (κ1) is 17.9. The van der Waals surface area contributed by atoms with Gasteiger partial charge in [-0.05, 0) is 25.2 Å². The number of carbonyl (C=O) groups excluding carboxylic acids is 2. The lowest BCUT2D eigenvalue weighted by molar-refractivity contribution is 0.0663. The number of ether oxygens (including phenoxy) is 1. The summed E-state index contributed by atoms with van der Waals surface area (Å²) in [4.78, 5) is 33.2. The van der Waals surface area contributed by atoms with Crippen LogP contribution in [0, 0.1) is 0 Å². The normalized spacial score (nSPS) is 14.8. The highest BCUT2D eigenvalue weighted by atomic mass is 16.5. The van der Waals surface area contributed by atoms with Crippen LogP contribution in [0.15, 0.2) is 42.7 Å². The van der Waals surface area contributed by atoms with Gasteiger partial charge in [-0.15, -0.1) is 0 Å². The molecule has 1 aliphatic rings. The largest absolute Gasteiger partial charge is 0.497 e. The van der Waals surface area contributed by atoms with Crippen LogP contribution in [0.4, 0.5) is 5.69 Å². The second-order valence-corrected chi connectivity index (χ2v) is 6.24. The molecule has 1 N–H and O–H groups in total. The average Bonchev–Trinajstić information content (AvgIpc) is 2.68. The van der Waals surface area contributed by atoms with Crippen molar-refractivity contribution in [1.82, 2.24) is 14.8 Å². The van der Waals surface area contributed by atoms with E-state index in [0.717, 1.165) is 13.1 Å². The van der Waals surface area contributed by atoms with Gasteiger partial charge < -0.3 is 19.9 Å². The lowest BCUT2D eigenvalue weighted by Gasteiger charge is -2.32. The molecule has 3 rings (SSSR count). The minimum absolute atomic E-state index is 0.0957. The second-order valence-electron chi connectivity index (χ2n) is 6.24. The van der Waals surface area contributed by atoms with Crippen molar-refractivity contribution in [1.29, 1.82) is 0 Å². The van der Waals surface area contributed by atoms with Gasteiger partial charge in [-0.2, -0.15) is 0 Å². The van der Waals surface area contributed by atoms with E-state index >= 15 is 0 Å². The number of carbonyl (C=O) groups is 2. The average molecular weight is 354 g/mol. The third kappa shape index (κ3) is 4.18. The van der Waals surface area contributed by atoms with Crippen molar-refractivity contribution in [2.24, 2.45) is 0 Å². The fourth-order valence-electron chi connectivity index (χ4n) is 2.78. The molecule has 1 aromatic carbocycles. The van der Waals surface area contributed by atoms with Crippen molar-refractivity contribution in [2.75, 3.05) is 45.7 Å². The number of hydrogen-bond acceptors (Lipinski definition) is 5. The number of likely N-dealkylation sites (N-methyl/N-ethyl adjacent to an activating group) is 1. The van der Waals surface area contributed by atoms with Gasteiger partial charge in [0.25, 0.3) is 11.8 Å². The molecule has 1 aliphatic heterocycles. The van der Waals surface area contributed by atoms with Crippen LogP contribution in [0.1, 0.15) is 20.7 Å². The topological polar surface area (TPSA) is 74.8 Å². The van der Waals surface area contributed by atoms with E-state index in [0.29, 0.717) is 35.7 Å². The Morgan fingerprint density at radius 2 is 1.81 bits per heavy atom. The summed E-state index contributed by atoms with van der Waals surface area (Å²) in [6.07, 6.45) is 2.96. The molecule has 26 heavy (non-hydrogen) atoms. The minimum Gasteiger partial charge on any atom is -0.497 e. The van der Waals surface area contributed by atoms with Crippen molar-refractivity contribution in [3.8, 4) is 5.75 Å². The van der Waals surface area contributed by atoms with Gasteiger partial charge in [0.05, 0.1) is 18.2 Å². The number of rotatable bonds is 4. The maximum Gasteiger partial charge on any atom is 0.257 e. The summed E-state index contributed by atoms with van der Waals surface area (Å²) in [5.41, 5.74) is 1.38. The number of nitrogens with one attached hydrogen (secondary N) is 1. The predicted octanol–water partition coefficient (Wildman–Crippen LogP) is 1.73. The number of nitrogens with zero attached hydrogens (tertiary/aromatic N) is 3. The van der Waals surface area contributed by atoms with Gasteiger partial charge in [0, 0.05) is 50.3 Å². The number of piperazine rings is 1.